The Morgan fingerprint density at radius 1 is 1.22 bits per heavy atom. The number of rotatable bonds is 3. The molecule has 2 atom stereocenters. The maximum Gasteiger partial charge on any atom is 0.230 e. The van der Waals surface area contributed by atoms with Gasteiger partial charge in [0.15, 0.2) is 5.82 Å². The van der Waals surface area contributed by atoms with E-state index < -0.39 is 0 Å². The Bertz CT molecular complexity index is 909. The molecule has 0 radical (unpaired) electrons. The number of benzene rings is 1. The molecule has 4 aliphatic carbocycles. The van der Waals surface area contributed by atoms with Crippen LogP contribution in [0.1, 0.15) is 49.9 Å². The minimum atomic E-state index is -0.361. The van der Waals surface area contributed by atoms with E-state index in [-0.39, 0.29) is 16.9 Å². The Balaban J connectivity index is 1.47. The average Bonchev–Trinajstić information content (AvgIpc) is 3.03. The summed E-state index contributed by atoms with van der Waals surface area (Å²) >= 11 is 6.36. The zero-order chi connectivity index (χ0) is 18.8. The molecule has 1 aromatic heterocycles. The van der Waals surface area contributed by atoms with Crippen molar-refractivity contribution in [3.63, 3.8) is 0 Å². The van der Waals surface area contributed by atoms with E-state index in [1.165, 1.54) is 6.42 Å². The number of hydrogen-bond donors (Lipinski definition) is 1. The smallest absolute Gasteiger partial charge is 0.230 e. The van der Waals surface area contributed by atoms with Crippen LogP contribution in [-0.2, 0) is 10.3 Å². The van der Waals surface area contributed by atoms with Crippen LogP contribution in [0.4, 0.5) is 5.69 Å². The number of nitrogens with zero attached hydrogens (tertiary/aromatic N) is 4. The summed E-state index contributed by atoms with van der Waals surface area (Å²) in [6.07, 6.45) is 6.02. The predicted molar refractivity (Wildman–Crippen MR) is 102 cm³/mol. The lowest BCUT2D eigenvalue weighted by Crippen LogP contribution is -2.60. The molecule has 4 aliphatic rings. The monoisotopic (exact) mass is 385 g/mol. The molecule has 4 saturated carbocycles. The Hall–Kier alpha value is -1.95. The molecule has 0 aliphatic heterocycles. The number of amides is 1. The van der Waals surface area contributed by atoms with Crippen LogP contribution >= 0.6 is 11.6 Å². The summed E-state index contributed by atoms with van der Waals surface area (Å²) in [7, 11) is 0. The number of carbonyl (C=O) groups excluding carboxylic acids is 1. The van der Waals surface area contributed by atoms with E-state index in [2.05, 4.69) is 20.7 Å². The number of tetrazole rings is 1. The van der Waals surface area contributed by atoms with Gasteiger partial charge in [-0.05, 0) is 87.1 Å². The van der Waals surface area contributed by atoms with Gasteiger partial charge in [0.05, 0.1) is 21.7 Å². The number of halogens is 1. The highest BCUT2D eigenvalue weighted by Gasteiger charge is 2.62. The molecular formula is C20H24ClN5O. The fraction of sp³-hybridized carbons (Fsp3) is 0.600. The number of anilines is 1. The van der Waals surface area contributed by atoms with Crippen LogP contribution in [0.5, 0.6) is 0 Å². The second kappa shape index (κ2) is 5.77. The lowest BCUT2D eigenvalue weighted by atomic mass is 9.46. The number of aromatic nitrogens is 4. The minimum Gasteiger partial charge on any atom is -0.324 e. The van der Waals surface area contributed by atoms with Crippen molar-refractivity contribution in [3.05, 3.63) is 34.6 Å². The van der Waals surface area contributed by atoms with Gasteiger partial charge in [-0.25, -0.2) is 0 Å². The molecule has 1 amide bonds. The lowest BCUT2D eigenvalue weighted by molar-refractivity contribution is -0.152. The minimum absolute atomic E-state index is 0.101. The largest absolute Gasteiger partial charge is 0.324 e. The Labute approximate surface area is 163 Å². The third-order valence-corrected chi connectivity index (χ3v) is 7.14. The first-order valence-electron chi connectivity index (χ1n) is 9.72. The van der Waals surface area contributed by atoms with Crippen LogP contribution in [0, 0.1) is 31.1 Å². The van der Waals surface area contributed by atoms with Crippen LogP contribution < -0.4 is 5.32 Å². The molecule has 1 aromatic carbocycles. The highest BCUT2D eigenvalue weighted by atomic mass is 35.5. The maximum absolute atomic E-state index is 13.4. The highest BCUT2D eigenvalue weighted by Crippen LogP contribution is 2.64. The summed E-state index contributed by atoms with van der Waals surface area (Å²) in [5.74, 6) is 1.90. The Kier molecular flexibility index (Phi) is 3.67. The summed E-state index contributed by atoms with van der Waals surface area (Å²) in [5.41, 5.74) is 1.26. The zero-order valence-electron chi connectivity index (χ0n) is 15.7. The molecule has 2 aromatic rings. The van der Waals surface area contributed by atoms with Crippen molar-refractivity contribution in [3.8, 4) is 0 Å². The molecule has 6 nitrogen and oxygen atoms in total. The van der Waals surface area contributed by atoms with Crippen LogP contribution in [0.15, 0.2) is 18.2 Å². The molecule has 27 heavy (non-hydrogen) atoms. The molecule has 2 unspecified atom stereocenters. The molecule has 6 rings (SSSR count). The predicted octanol–water partition coefficient (Wildman–Crippen LogP) is 3.88. The summed E-state index contributed by atoms with van der Waals surface area (Å²) in [5, 5.41) is 16.7. The van der Waals surface area contributed by atoms with Gasteiger partial charge in [-0.15, -0.1) is 10.2 Å². The van der Waals surface area contributed by atoms with Crippen molar-refractivity contribution in [1.29, 1.82) is 0 Å². The average molecular weight is 386 g/mol. The van der Waals surface area contributed by atoms with Gasteiger partial charge in [-0.2, -0.15) is 4.80 Å². The van der Waals surface area contributed by atoms with Crippen molar-refractivity contribution < 1.29 is 4.79 Å². The van der Waals surface area contributed by atoms with Gasteiger partial charge >= 0.3 is 0 Å². The summed E-state index contributed by atoms with van der Waals surface area (Å²) in [6.45, 7) is 3.86. The summed E-state index contributed by atoms with van der Waals surface area (Å²) in [6, 6.07) is 5.76. The third-order valence-electron chi connectivity index (χ3n) is 6.82. The van der Waals surface area contributed by atoms with Crippen molar-refractivity contribution >= 4 is 23.2 Å². The Morgan fingerprint density at radius 3 is 2.59 bits per heavy atom. The number of aryl methyl sites for hydroxylation is 2. The fourth-order valence-electron chi connectivity index (χ4n) is 6.18. The first kappa shape index (κ1) is 17.2. The topological polar surface area (TPSA) is 72.7 Å². The van der Waals surface area contributed by atoms with E-state index in [4.69, 9.17) is 11.6 Å². The van der Waals surface area contributed by atoms with Gasteiger partial charge in [0.25, 0.3) is 0 Å². The summed E-state index contributed by atoms with van der Waals surface area (Å²) < 4.78 is 0. The van der Waals surface area contributed by atoms with Gasteiger partial charge in [0.1, 0.15) is 0 Å². The van der Waals surface area contributed by atoms with Crippen molar-refractivity contribution in [2.24, 2.45) is 17.3 Å². The second-order valence-corrected chi connectivity index (χ2v) is 9.44. The Morgan fingerprint density at radius 2 is 1.96 bits per heavy atom. The molecule has 4 fully saturated rings. The van der Waals surface area contributed by atoms with Crippen molar-refractivity contribution in [2.45, 2.75) is 57.9 Å². The molecule has 142 valence electrons. The maximum atomic E-state index is 13.4. The number of nitrogens with one attached hydrogen (secondary N) is 1. The van der Waals surface area contributed by atoms with Gasteiger partial charge < -0.3 is 5.32 Å². The molecule has 1 heterocycles. The zero-order valence-corrected chi connectivity index (χ0v) is 16.5. The molecule has 7 heteroatoms. The van der Waals surface area contributed by atoms with Crippen LogP contribution in [0.2, 0.25) is 5.02 Å². The normalized spacial score (nSPS) is 34.0. The molecule has 0 saturated heterocycles. The van der Waals surface area contributed by atoms with Crippen LogP contribution in [0.3, 0.4) is 0 Å². The first-order valence-corrected chi connectivity index (χ1v) is 10.1. The van der Waals surface area contributed by atoms with E-state index in [1.807, 2.05) is 36.8 Å². The standard InChI is InChI=1S/C20H24ClN5O/c1-12-3-4-17(16(21)5-12)22-18(27)19-7-14-6-15(8-19)10-20(9-14,11-19)26-24-13(2)23-25-26/h3-5,14-15H,6-11H2,1-2H3,(H,22,27). The molecule has 1 N–H and O–H groups in total. The van der Waals surface area contributed by atoms with E-state index in [0.29, 0.717) is 28.4 Å². The first-order chi connectivity index (χ1) is 12.9. The van der Waals surface area contributed by atoms with Gasteiger partial charge in [-0.1, -0.05) is 17.7 Å². The van der Waals surface area contributed by atoms with E-state index in [9.17, 15) is 4.79 Å². The van der Waals surface area contributed by atoms with Crippen molar-refractivity contribution in [1.82, 2.24) is 20.2 Å². The quantitative estimate of drug-likeness (QED) is 0.870. The molecule has 4 bridgehead atoms. The highest BCUT2D eigenvalue weighted by molar-refractivity contribution is 6.33. The SMILES string of the molecule is Cc1ccc(NC(=O)C23CC4CC(C2)CC(n2nnc(C)n2)(C4)C3)c(Cl)c1. The molecular weight excluding hydrogens is 362 g/mol. The van der Waals surface area contributed by atoms with E-state index >= 15 is 0 Å². The van der Waals surface area contributed by atoms with E-state index in [1.54, 1.807) is 0 Å². The summed E-state index contributed by atoms with van der Waals surface area (Å²) in [4.78, 5) is 15.3. The van der Waals surface area contributed by atoms with Crippen molar-refractivity contribution in [2.75, 3.05) is 5.32 Å². The van der Waals surface area contributed by atoms with Crippen LogP contribution in [0.25, 0.3) is 0 Å². The van der Waals surface area contributed by atoms with E-state index in [0.717, 1.165) is 37.7 Å². The number of carbonyl (C=O) groups is 1. The van der Waals surface area contributed by atoms with Gasteiger partial charge in [-0.3, -0.25) is 4.79 Å². The van der Waals surface area contributed by atoms with Gasteiger partial charge in [0.2, 0.25) is 5.91 Å². The van der Waals surface area contributed by atoms with Gasteiger partial charge in [0, 0.05) is 0 Å². The molecule has 0 spiro atoms. The number of hydrogen-bond acceptors (Lipinski definition) is 4. The lowest BCUT2D eigenvalue weighted by Gasteiger charge is -2.60. The van der Waals surface area contributed by atoms with Crippen LogP contribution in [-0.4, -0.2) is 26.1 Å². The second-order valence-electron chi connectivity index (χ2n) is 9.03. The third kappa shape index (κ3) is 2.68. The fourth-order valence-corrected chi connectivity index (χ4v) is 6.46.